The lowest BCUT2D eigenvalue weighted by atomic mass is 9.77. The van der Waals surface area contributed by atoms with Crippen LogP contribution in [0.5, 0.6) is 0 Å². The van der Waals surface area contributed by atoms with Gasteiger partial charge in [0.25, 0.3) is 0 Å². The molecule has 3 nitrogen and oxygen atoms in total. The third-order valence-electron chi connectivity index (χ3n) is 5.22. The van der Waals surface area contributed by atoms with E-state index in [1.165, 1.54) is 50.3 Å². The molecule has 0 bridgehead atoms. The predicted octanol–water partition coefficient (Wildman–Crippen LogP) is 2.20. The molecule has 2 aliphatic rings. The van der Waals surface area contributed by atoms with Crippen LogP contribution in [0.1, 0.15) is 43.4 Å². The van der Waals surface area contributed by atoms with E-state index in [4.69, 9.17) is 5.73 Å². The van der Waals surface area contributed by atoms with Crippen LogP contribution in [-0.4, -0.2) is 48.6 Å². The summed E-state index contributed by atoms with van der Waals surface area (Å²) < 4.78 is 0. The normalized spacial score (nSPS) is 32.0. The Morgan fingerprint density at radius 1 is 1.10 bits per heavy atom. The quantitative estimate of drug-likeness (QED) is 0.896. The summed E-state index contributed by atoms with van der Waals surface area (Å²) in [5.74, 6) is 0.625. The van der Waals surface area contributed by atoms with Crippen molar-refractivity contribution in [2.24, 2.45) is 5.73 Å². The SMILES string of the molecule is CCN1CCN(C2CC(C)c3ccccc3C2N)CC1. The second-order valence-corrected chi connectivity index (χ2v) is 6.33. The zero-order valence-corrected chi connectivity index (χ0v) is 12.8. The number of rotatable bonds is 2. The molecule has 1 fully saturated rings. The molecule has 1 saturated heterocycles. The highest BCUT2D eigenvalue weighted by Gasteiger charge is 2.35. The van der Waals surface area contributed by atoms with Crippen LogP contribution in [-0.2, 0) is 0 Å². The van der Waals surface area contributed by atoms with E-state index in [2.05, 4.69) is 47.9 Å². The molecule has 0 radical (unpaired) electrons. The molecule has 2 N–H and O–H groups in total. The number of hydrogen-bond donors (Lipinski definition) is 1. The summed E-state index contributed by atoms with van der Waals surface area (Å²) in [6, 6.07) is 9.44. The summed E-state index contributed by atoms with van der Waals surface area (Å²) in [6.45, 7) is 10.5. The number of nitrogens with zero attached hydrogens (tertiary/aromatic N) is 2. The van der Waals surface area contributed by atoms with Crippen LogP contribution in [0.4, 0.5) is 0 Å². The predicted molar refractivity (Wildman–Crippen MR) is 83.9 cm³/mol. The Labute approximate surface area is 122 Å². The fourth-order valence-electron chi connectivity index (χ4n) is 3.89. The molecule has 1 aliphatic heterocycles. The maximum Gasteiger partial charge on any atom is 0.0456 e. The molecule has 3 rings (SSSR count). The Morgan fingerprint density at radius 2 is 1.75 bits per heavy atom. The first-order valence-electron chi connectivity index (χ1n) is 8.01. The minimum atomic E-state index is 0.176. The highest BCUT2D eigenvalue weighted by atomic mass is 15.3. The minimum absolute atomic E-state index is 0.176. The van der Waals surface area contributed by atoms with Crippen LogP contribution < -0.4 is 5.73 Å². The van der Waals surface area contributed by atoms with Crippen LogP contribution in [0.2, 0.25) is 0 Å². The molecular weight excluding hydrogens is 246 g/mol. The fourth-order valence-corrected chi connectivity index (χ4v) is 3.89. The van der Waals surface area contributed by atoms with Gasteiger partial charge in [0.05, 0.1) is 0 Å². The van der Waals surface area contributed by atoms with E-state index < -0.39 is 0 Å². The molecule has 1 aromatic carbocycles. The van der Waals surface area contributed by atoms with Crippen LogP contribution in [0.25, 0.3) is 0 Å². The van der Waals surface area contributed by atoms with Crippen molar-refractivity contribution in [2.45, 2.75) is 38.3 Å². The molecular formula is C17H27N3. The average Bonchev–Trinajstić information content (AvgIpc) is 2.51. The van der Waals surface area contributed by atoms with Crippen molar-refractivity contribution >= 4 is 0 Å². The van der Waals surface area contributed by atoms with Crippen LogP contribution in [0, 0.1) is 0 Å². The minimum Gasteiger partial charge on any atom is -0.323 e. The van der Waals surface area contributed by atoms with E-state index in [1.807, 2.05) is 0 Å². The monoisotopic (exact) mass is 273 g/mol. The molecule has 1 aliphatic carbocycles. The smallest absolute Gasteiger partial charge is 0.0456 e. The lowest BCUT2D eigenvalue weighted by Crippen LogP contribution is -2.54. The van der Waals surface area contributed by atoms with Crippen molar-refractivity contribution < 1.29 is 0 Å². The highest BCUT2D eigenvalue weighted by Crippen LogP contribution is 2.38. The molecule has 3 atom stereocenters. The van der Waals surface area contributed by atoms with Gasteiger partial charge in [-0.2, -0.15) is 0 Å². The van der Waals surface area contributed by atoms with E-state index in [1.54, 1.807) is 0 Å². The van der Waals surface area contributed by atoms with E-state index in [-0.39, 0.29) is 6.04 Å². The number of nitrogens with two attached hydrogens (primary N) is 1. The van der Waals surface area contributed by atoms with Gasteiger partial charge < -0.3 is 10.6 Å². The van der Waals surface area contributed by atoms with Crippen molar-refractivity contribution in [1.29, 1.82) is 0 Å². The van der Waals surface area contributed by atoms with Gasteiger partial charge in [-0.3, -0.25) is 4.90 Å². The topological polar surface area (TPSA) is 32.5 Å². The summed E-state index contributed by atoms with van der Waals surface area (Å²) in [6.07, 6.45) is 1.20. The summed E-state index contributed by atoms with van der Waals surface area (Å²) in [5, 5.41) is 0. The Kier molecular flexibility index (Phi) is 4.11. The summed E-state index contributed by atoms with van der Waals surface area (Å²) in [5.41, 5.74) is 9.43. The first-order valence-corrected chi connectivity index (χ1v) is 8.01. The van der Waals surface area contributed by atoms with Gasteiger partial charge in [0.1, 0.15) is 0 Å². The Balaban J connectivity index is 1.76. The van der Waals surface area contributed by atoms with Gasteiger partial charge in [-0.15, -0.1) is 0 Å². The Hall–Kier alpha value is -0.900. The largest absolute Gasteiger partial charge is 0.323 e. The molecule has 0 saturated carbocycles. The van der Waals surface area contributed by atoms with Crippen molar-refractivity contribution in [3.63, 3.8) is 0 Å². The van der Waals surface area contributed by atoms with Gasteiger partial charge in [-0.1, -0.05) is 38.1 Å². The van der Waals surface area contributed by atoms with Gasteiger partial charge >= 0.3 is 0 Å². The Bertz CT molecular complexity index is 451. The van der Waals surface area contributed by atoms with Crippen molar-refractivity contribution in [3.8, 4) is 0 Å². The average molecular weight is 273 g/mol. The fraction of sp³-hybridized carbons (Fsp3) is 0.647. The van der Waals surface area contributed by atoms with Crippen LogP contribution >= 0.6 is 0 Å². The van der Waals surface area contributed by atoms with E-state index in [0.29, 0.717) is 12.0 Å². The van der Waals surface area contributed by atoms with Gasteiger partial charge in [-0.25, -0.2) is 0 Å². The maximum absolute atomic E-state index is 6.60. The summed E-state index contributed by atoms with van der Waals surface area (Å²) in [7, 11) is 0. The van der Waals surface area contributed by atoms with E-state index in [0.717, 1.165) is 0 Å². The second-order valence-electron chi connectivity index (χ2n) is 6.33. The zero-order valence-electron chi connectivity index (χ0n) is 12.8. The lowest BCUT2D eigenvalue weighted by molar-refractivity contribution is 0.0764. The molecule has 0 spiro atoms. The van der Waals surface area contributed by atoms with Gasteiger partial charge in [0.15, 0.2) is 0 Å². The molecule has 1 aromatic rings. The van der Waals surface area contributed by atoms with E-state index in [9.17, 15) is 0 Å². The number of fused-ring (bicyclic) bond motifs is 1. The Morgan fingerprint density at radius 3 is 2.40 bits per heavy atom. The number of likely N-dealkylation sites (N-methyl/N-ethyl adjacent to an activating group) is 1. The maximum atomic E-state index is 6.60. The number of piperazine rings is 1. The first kappa shape index (κ1) is 14.1. The van der Waals surface area contributed by atoms with Gasteiger partial charge in [0, 0.05) is 38.3 Å². The standard InChI is InChI=1S/C17H27N3/c1-3-19-8-10-20(11-9-19)16-12-13(2)14-6-4-5-7-15(14)17(16)18/h4-7,13,16-17H,3,8-12,18H2,1-2H3. The third kappa shape index (κ3) is 2.50. The van der Waals surface area contributed by atoms with Crippen molar-refractivity contribution in [2.75, 3.05) is 32.7 Å². The number of hydrogen-bond acceptors (Lipinski definition) is 3. The third-order valence-corrected chi connectivity index (χ3v) is 5.22. The zero-order chi connectivity index (χ0) is 14.1. The van der Waals surface area contributed by atoms with Crippen molar-refractivity contribution in [1.82, 2.24) is 9.80 Å². The second kappa shape index (κ2) is 5.84. The number of benzene rings is 1. The molecule has 0 amide bonds. The molecule has 1 heterocycles. The van der Waals surface area contributed by atoms with Crippen LogP contribution in [0.3, 0.4) is 0 Å². The molecule has 20 heavy (non-hydrogen) atoms. The van der Waals surface area contributed by atoms with Gasteiger partial charge in [-0.05, 0) is 30.0 Å². The summed E-state index contributed by atoms with van der Waals surface area (Å²) >= 11 is 0. The molecule has 0 aromatic heterocycles. The lowest BCUT2D eigenvalue weighted by Gasteiger charge is -2.45. The first-order chi connectivity index (χ1) is 9.70. The van der Waals surface area contributed by atoms with E-state index >= 15 is 0 Å². The van der Waals surface area contributed by atoms with Gasteiger partial charge in [0.2, 0.25) is 0 Å². The molecule has 3 unspecified atom stereocenters. The molecule has 3 heteroatoms. The summed E-state index contributed by atoms with van der Waals surface area (Å²) in [4.78, 5) is 5.16. The highest BCUT2D eigenvalue weighted by molar-refractivity contribution is 5.36. The molecule has 110 valence electrons. The van der Waals surface area contributed by atoms with Crippen molar-refractivity contribution in [3.05, 3.63) is 35.4 Å². The van der Waals surface area contributed by atoms with Crippen LogP contribution in [0.15, 0.2) is 24.3 Å².